The van der Waals surface area contributed by atoms with E-state index in [1.54, 1.807) is 0 Å². The standard InChI is InChI=1S/C8H15N4O14P3/c9-6(15)7-10-2-12(11-7)8-5(14)4(13)3(24-8)1-23-28(19,20)26-29(21,22)25-27(16,17)18/h2-5,8,13-14H,1H2,(H2,9,15)(H,19,20)(H,21,22)(H2,16,17,18)/t3-,4?,5+,8-/m1/s1. The van der Waals surface area contributed by atoms with Crippen molar-refractivity contribution in [2.75, 3.05) is 6.61 Å². The van der Waals surface area contributed by atoms with Gasteiger partial charge in [-0.2, -0.15) is 8.62 Å². The molecular weight excluding hydrogens is 469 g/mol. The zero-order valence-electron chi connectivity index (χ0n) is 13.8. The largest absolute Gasteiger partial charge is 0.490 e. The molecule has 1 aliphatic rings. The second-order valence-corrected chi connectivity index (χ2v) is 9.77. The number of carbonyl (C=O) groups excluding carboxylic acids is 1. The van der Waals surface area contributed by atoms with Gasteiger partial charge in [0.15, 0.2) is 6.23 Å². The fraction of sp³-hybridized carbons (Fsp3) is 0.625. The van der Waals surface area contributed by atoms with Crippen LogP contribution < -0.4 is 5.73 Å². The quantitative estimate of drug-likeness (QED) is 0.176. The third kappa shape index (κ3) is 6.70. The van der Waals surface area contributed by atoms with Crippen molar-refractivity contribution in [3.63, 3.8) is 0 Å². The monoisotopic (exact) mass is 484 g/mol. The van der Waals surface area contributed by atoms with Crippen LogP contribution in [0.25, 0.3) is 0 Å². The van der Waals surface area contributed by atoms with Crippen molar-refractivity contribution < 1.29 is 66.2 Å². The van der Waals surface area contributed by atoms with Crippen LogP contribution in [0.3, 0.4) is 0 Å². The van der Waals surface area contributed by atoms with Crippen molar-refractivity contribution in [2.24, 2.45) is 5.73 Å². The van der Waals surface area contributed by atoms with Gasteiger partial charge in [0, 0.05) is 0 Å². The van der Waals surface area contributed by atoms with E-state index in [1.807, 2.05) is 0 Å². The van der Waals surface area contributed by atoms with E-state index in [0.29, 0.717) is 0 Å². The first-order chi connectivity index (χ1) is 13.1. The minimum atomic E-state index is -5.71. The number of aliphatic hydroxyl groups excluding tert-OH is 2. The number of phosphoric ester groups is 1. The van der Waals surface area contributed by atoms with Gasteiger partial charge in [0.05, 0.1) is 6.61 Å². The van der Waals surface area contributed by atoms with E-state index in [9.17, 15) is 33.6 Å². The van der Waals surface area contributed by atoms with Gasteiger partial charge in [0.2, 0.25) is 5.82 Å². The van der Waals surface area contributed by atoms with Crippen molar-refractivity contribution in [2.45, 2.75) is 24.5 Å². The van der Waals surface area contributed by atoms with Gasteiger partial charge in [-0.1, -0.05) is 0 Å². The Balaban J connectivity index is 2.01. The zero-order valence-corrected chi connectivity index (χ0v) is 16.5. The SMILES string of the molecule is NC(=O)c1ncn([C@@H]2O[C@H](COP(=O)(O)OP(=O)(O)OP(=O)(O)O)C(O)[C@@H]2O)n1. The molecule has 166 valence electrons. The smallest absolute Gasteiger partial charge is 0.387 e. The van der Waals surface area contributed by atoms with Crippen LogP contribution in [0, 0.1) is 0 Å². The average Bonchev–Trinajstić information content (AvgIpc) is 3.09. The Bertz CT molecular complexity index is 899. The van der Waals surface area contributed by atoms with Crippen LogP contribution >= 0.6 is 23.5 Å². The summed E-state index contributed by atoms with van der Waals surface area (Å²) in [4.78, 5) is 49.8. The van der Waals surface area contributed by atoms with Gasteiger partial charge in [-0.05, 0) is 0 Å². The minimum Gasteiger partial charge on any atom is -0.387 e. The first kappa shape index (κ1) is 24.2. The maximum atomic E-state index is 11.7. The fourth-order valence-corrected chi connectivity index (χ4v) is 5.10. The molecule has 0 bridgehead atoms. The highest BCUT2D eigenvalue weighted by Gasteiger charge is 2.47. The number of phosphoric acid groups is 3. The summed E-state index contributed by atoms with van der Waals surface area (Å²) in [6, 6.07) is 0. The van der Waals surface area contributed by atoms with Gasteiger partial charge in [0.1, 0.15) is 24.6 Å². The molecule has 29 heavy (non-hydrogen) atoms. The molecule has 1 aliphatic heterocycles. The Morgan fingerprint density at radius 2 is 1.76 bits per heavy atom. The molecule has 0 spiro atoms. The number of hydrogen-bond acceptors (Lipinski definition) is 12. The van der Waals surface area contributed by atoms with Gasteiger partial charge < -0.3 is 40.3 Å². The van der Waals surface area contributed by atoms with Crippen LogP contribution in [-0.4, -0.2) is 75.4 Å². The molecule has 2 rings (SSSR count). The number of ether oxygens (including phenoxy) is 1. The van der Waals surface area contributed by atoms with E-state index >= 15 is 0 Å². The van der Waals surface area contributed by atoms with Crippen LogP contribution in [0.5, 0.6) is 0 Å². The lowest BCUT2D eigenvalue weighted by Crippen LogP contribution is -2.33. The van der Waals surface area contributed by atoms with E-state index < -0.39 is 66.3 Å². The summed E-state index contributed by atoms with van der Waals surface area (Å²) in [5.41, 5.74) is 4.97. The number of hydrogen-bond donors (Lipinski definition) is 7. The number of amides is 1. The third-order valence-corrected chi connectivity index (χ3v) is 6.95. The fourth-order valence-electron chi connectivity index (χ4n) is 2.07. The molecule has 1 fully saturated rings. The summed E-state index contributed by atoms with van der Waals surface area (Å²) in [6.45, 7) is -1.00. The molecule has 1 aromatic rings. The number of carbonyl (C=O) groups is 1. The minimum absolute atomic E-state index is 0.424. The summed E-state index contributed by atoms with van der Waals surface area (Å²) >= 11 is 0. The van der Waals surface area contributed by atoms with Crippen LogP contribution in [0.4, 0.5) is 0 Å². The normalized spacial score (nSPS) is 29.3. The van der Waals surface area contributed by atoms with Crippen LogP contribution in [0.2, 0.25) is 0 Å². The molecule has 8 N–H and O–H groups in total. The number of rotatable bonds is 9. The third-order valence-electron chi connectivity index (χ3n) is 3.14. The molecule has 0 aromatic carbocycles. The number of nitrogens with zero attached hydrogens (tertiary/aromatic N) is 3. The van der Waals surface area contributed by atoms with Crippen LogP contribution in [0.15, 0.2) is 6.33 Å². The summed E-state index contributed by atoms with van der Waals surface area (Å²) in [6.07, 6.45) is -5.38. The van der Waals surface area contributed by atoms with Gasteiger partial charge in [-0.3, -0.25) is 9.32 Å². The molecule has 1 saturated heterocycles. The van der Waals surface area contributed by atoms with E-state index in [-0.39, 0.29) is 0 Å². The van der Waals surface area contributed by atoms with Gasteiger partial charge in [-0.25, -0.2) is 23.4 Å². The molecular formula is C8H15N4O14P3. The van der Waals surface area contributed by atoms with E-state index in [0.717, 1.165) is 11.0 Å². The summed E-state index contributed by atoms with van der Waals surface area (Å²) < 4.78 is 50.8. The van der Waals surface area contributed by atoms with E-state index in [2.05, 4.69) is 23.2 Å². The molecule has 6 atom stereocenters. The predicted molar refractivity (Wildman–Crippen MR) is 84.3 cm³/mol. The van der Waals surface area contributed by atoms with Crippen molar-refractivity contribution in [3.05, 3.63) is 12.2 Å². The molecule has 0 saturated carbocycles. The maximum Gasteiger partial charge on any atom is 0.490 e. The lowest BCUT2D eigenvalue weighted by atomic mass is 10.1. The second-order valence-electron chi connectivity index (χ2n) is 5.35. The topological polar surface area (TPSA) is 283 Å². The highest BCUT2D eigenvalue weighted by atomic mass is 31.3. The summed E-state index contributed by atoms with van der Waals surface area (Å²) in [5.74, 6) is -1.41. The number of aromatic nitrogens is 3. The second kappa shape index (κ2) is 8.56. The molecule has 0 radical (unpaired) electrons. The lowest BCUT2D eigenvalue weighted by molar-refractivity contribution is -0.0580. The first-order valence-corrected chi connectivity index (χ1v) is 11.6. The summed E-state index contributed by atoms with van der Waals surface area (Å²) in [7, 11) is -16.7. The predicted octanol–water partition coefficient (Wildman–Crippen LogP) is -2.66. The highest BCUT2D eigenvalue weighted by Crippen LogP contribution is 2.66. The number of aliphatic hydroxyl groups is 2. The van der Waals surface area contributed by atoms with E-state index in [4.69, 9.17) is 25.2 Å². The zero-order chi connectivity index (χ0) is 22.2. The van der Waals surface area contributed by atoms with E-state index in [1.165, 1.54) is 0 Å². The average molecular weight is 484 g/mol. The molecule has 1 amide bonds. The van der Waals surface area contributed by atoms with Gasteiger partial charge in [-0.15, -0.1) is 5.10 Å². The van der Waals surface area contributed by atoms with Crippen molar-refractivity contribution in [3.8, 4) is 0 Å². The maximum absolute atomic E-state index is 11.7. The van der Waals surface area contributed by atoms with Crippen LogP contribution in [0.1, 0.15) is 16.8 Å². The van der Waals surface area contributed by atoms with Crippen LogP contribution in [-0.2, 0) is 31.6 Å². The highest BCUT2D eigenvalue weighted by molar-refractivity contribution is 7.66. The summed E-state index contributed by atoms with van der Waals surface area (Å²) in [5, 5.41) is 23.5. The Hall–Kier alpha value is -1.10. The van der Waals surface area contributed by atoms with Crippen molar-refractivity contribution >= 4 is 29.4 Å². The lowest BCUT2D eigenvalue weighted by Gasteiger charge is -2.19. The van der Waals surface area contributed by atoms with Crippen molar-refractivity contribution in [1.82, 2.24) is 14.8 Å². The Morgan fingerprint density at radius 3 is 2.28 bits per heavy atom. The molecule has 2 heterocycles. The molecule has 21 heteroatoms. The molecule has 18 nitrogen and oxygen atoms in total. The van der Waals surface area contributed by atoms with Gasteiger partial charge in [0.25, 0.3) is 5.91 Å². The Morgan fingerprint density at radius 1 is 1.14 bits per heavy atom. The number of nitrogens with two attached hydrogens (primary N) is 1. The van der Waals surface area contributed by atoms with Crippen molar-refractivity contribution in [1.29, 1.82) is 0 Å². The Labute approximate surface area is 160 Å². The molecule has 1 aromatic heterocycles. The Kier molecular flexibility index (Phi) is 7.14. The molecule has 0 aliphatic carbocycles. The first-order valence-electron chi connectivity index (χ1n) is 7.11. The molecule has 3 unspecified atom stereocenters. The van der Waals surface area contributed by atoms with Gasteiger partial charge >= 0.3 is 23.5 Å². The number of primary amides is 1.